The number of ether oxygens (including phenoxy) is 1. The molecule has 1 aromatic carbocycles. The van der Waals surface area contributed by atoms with Gasteiger partial charge in [-0.2, -0.15) is 0 Å². The van der Waals surface area contributed by atoms with Gasteiger partial charge in [0, 0.05) is 12.1 Å². The van der Waals surface area contributed by atoms with Crippen LogP contribution in [0.1, 0.15) is 62.6 Å². The first-order valence-corrected chi connectivity index (χ1v) is 9.76. The number of benzene rings is 1. The van der Waals surface area contributed by atoms with Gasteiger partial charge in [-0.3, -0.25) is 4.79 Å². The molecule has 1 fully saturated rings. The fraction of sp³-hybridized carbons (Fsp3) is 0.550. The van der Waals surface area contributed by atoms with Crippen molar-refractivity contribution in [3.8, 4) is 11.4 Å². The van der Waals surface area contributed by atoms with Gasteiger partial charge in [-0.05, 0) is 70.2 Å². The molecule has 3 rings (SSSR count). The van der Waals surface area contributed by atoms with Gasteiger partial charge in [-0.15, -0.1) is 17.5 Å². The second-order valence-electron chi connectivity index (χ2n) is 7.40. The lowest BCUT2D eigenvalue weighted by Crippen LogP contribution is -2.40. The monoisotopic (exact) mass is 407 g/mol. The molecule has 0 unspecified atom stereocenters. The van der Waals surface area contributed by atoms with Crippen LogP contribution in [0, 0.1) is 0 Å². The van der Waals surface area contributed by atoms with Crippen LogP contribution in [0.15, 0.2) is 24.3 Å². The van der Waals surface area contributed by atoms with E-state index < -0.39 is 0 Å². The van der Waals surface area contributed by atoms with E-state index in [1.165, 1.54) is 0 Å². The Kier molecular flexibility index (Phi) is 7.83. The standard InChI is InChI=1S/C20H29N5O2.ClH/c1-4-18-19(20(26)22-15-7-5-14(21)6-8-15)23-24-25(18)16-9-11-17(12-10-16)27-13(2)3;/h9-15H,4-8,21H2,1-3H3,(H,22,26);1H. The Hall–Kier alpha value is -2.12. The van der Waals surface area contributed by atoms with E-state index in [0.29, 0.717) is 12.1 Å². The van der Waals surface area contributed by atoms with Crippen molar-refractivity contribution >= 4 is 18.3 Å². The Bertz CT molecular complexity index is 767. The molecular weight excluding hydrogens is 378 g/mol. The zero-order valence-electron chi connectivity index (χ0n) is 16.7. The van der Waals surface area contributed by atoms with Crippen LogP contribution in [0.5, 0.6) is 5.75 Å². The third kappa shape index (κ3) is 5.23. The van der Waals surface area contributed by atoms with E-state index in [0.717, 1.165) is 42.8 Å². The van der Waals surface area contributed by atoms with Crippen LogP contribution in [0.4, 0.5) is 0 Å². The molecule has 1 amide bonds. The maximum atomic E-state index is 12.7. The molecule has 1 aliphatic rings. The van der Waals surface area contributed by atoms with Crippen LogP contribution in [-0.4, -0.2) is 39.1 Å². The summed E-state index contributed by atoms with van der Waals surface area (Å²) in [4.78, 5) is 12.7. The lowest BCUT2D eigenvalue weighted by atomic mass is 9.92. The van der Waals surface area contributed by atoms with E-state index in [2.05, 4.69) is 15.6 Å². The summed E-state index contributed by atoms with van der Waals surface area (Å²) < 4.78 is 7.41. The van der Waals surface area contributed by atoms with Gasteiger partial charge in [0.25, 0.3) is 5.91 Å². The molecule has 2 aromatic rings. The van der Waals surface area contributed by atoms with E-state index >= 15 is 0 Å². The molecule has 1 saturated carbocycles. The first-order chi connectivity index (χ1) is 13.0. The van der Waals surface area contributed by atoms with Gasteiger partial charge in [0.05, 0.1) is 17.5 Å². The second kappa shape index (κ2) is 9.89. The summed E-state index contributed by atoms with van der Waals surface area (Å²) in [7, 11) is 0. The zero-order chi connectivity index (χ0) is 19.4. The Labute approximate surface area is 172 Å². The van der Waals surface area contributed by atoms with Crippen LogP contribution in [0.25, 0.3) is 5.69 Å². The van der Waals surface area contributed by atoms with Gasteiger partial charge in [-0.25, -0.2) is 4.68 Å². The van der Waals surface area contributed by atoms with Gasteiger partial charge in [0.1, 0.15) is 5.75 Å². The highest BCUT2D eigenvalue weighted by molar-refractivity contribution is 5.93. The topological polar surface area (TPSA) is 95.1 Å². The second-order valence-corrected chi connectivity index (χ2v) is 7.40. The molecule has 154 valence electrons. The van der Waals surface area contributed by atoms with Crippen LogP contribution < -0.4 is 15.8 Å². The summed E-state index contributed by atoms with van der Waals surface area (Å²) in [5.74, 6) is 0.652. The average Bonchev–Trinajstić information content (AvgIpc) is 3.08. The molecule has 7 nitrogen and oxygen atoms in total. The number of halogens is 1. The fourth-order valence-electron chi connectivity index (χ4n) is 3.46. The molecule has 0 aliphatic heterocycles. The van der Waals surface area contributed by atoms with Gasteiger partial charge < -0.3 is 15.8 Å². The number of hydrogen-bond donors (Lipinski definition) is 2. The minimum Gasteiger partial charge on any atom is -0.491 e. The summed E-state index contributed by atoms with van der Waals surface area (Å²) in [5, 5.41) is 11.5. The number of carbonyl (C=O) groups is 1. The maximum absolute atomic E-state index is 12.7. The Morgan fingerprint density at radius 1 is 1.25 bits per heavy atom. The third-order valence-corrected chi connectivity index (χ3v) is 4.87. The summed E-state index contributed by atoms with van der Waals surface area (Å²) in [6.45, 7) is 5.98. The highest BCUT2D eigenvalue weighted by atomic mass is 35.5. The van der Waals surface area contributed by atoms with Gasteiger partial charge in [0.15, 0.2) is 5.69 Å². The predicted molar refractivity (Wildman–Crippen MR) is 111 cm³/mol. The van der Waals surface area contributed by atoms with E-state index in [1.54, 1.807) is 4.68 Å². The number of amides is 1. The number of hydrogen-bond acceptors (Lipinski definition) is 5. The largest absolute Gasteiger partial charge is 0.491 e. The summed E-state index contributed by atoms with van der Waals surface area (Å²) in [6, 6.07) is 8.08. The number of nitrogens with zero attached hydrogens (tertiary/aromatic N) is 3. The molecule has 0 bridgehead atoms. The van der Waals surface area contributed by atoms with Crippen molar-refractivity contribution in [3.63, 3.8) is 0 Å². The molecule has 8 heteroatoms. The number of rotatable bonds is 6. The molecule has 28 heavy (non-hydrogen) atoms. The summed E-state index contributed by atoms with van der Waals surface area (Å²) in [6.07, 6.45) is 4.51. The van der Waals surface area contributed by atoms with Crippen molar-refractivity contribution in [2.75, 3.05) is 0 Å². The van der Waals surface area contributed by atoms with Crippen molar-refractivity contribution in [1.82, 2.24) is 20.3 Å². The first kappa shape index (κ1) is 22.2. The Morgan fingerprint density at radius 2 is 1.89 bits per heavy atom. The predicted octanol–water partition coefficient (Wildman–Crippen LogP) is 3.04. The van der Waals surface area contributed by atoms with Gasteiger partial charge in [-0.1, -0.05) is 12.1 Å². The Balaban J connectivity index is 0.00000280. The normalized spacial score (nSPS) is 19.2. The van der Waals surface area contributed by atoms with Gasteiger partial charge in [0.2, 0.25) is 0 Å². The molecule has 0 saturated heterocycles. The van der Waals surface area contributed by atoms with Crippen molar-refractivity contribution in [3.05, 3.63) is 35.7 Å². The van der Waals surface area contributed by atoms with E-state index in [4.69, 9.17) is 10.5 Å². The SMILES string of the molecule is CCc1c(C(=O)NC2CCC(N)CC2)nnn1-c1ccc(OC(C)C)cc1.Cl. The maximum Gasteiger partial charge on any atom is 0.273 e. The smallest absolute Gasteiger partial charge is 0.273 e. The quantitative estimate of drug-likeness (QED) is 0.767. The molecule has 0 spiro atoms. The minimum absolute atomic E-state index is 0. The lowest BCUT2D eigenvalue weighted by Gasteiger charge is -2.26. The fourth-order valence-corrected chi connectivity index (χ4v) is 3.46. The van der Waals surface area contributed by atoms with E-state index in [-0.39, 0.29) is 36.5 Å². The Morgan fingerprint density at radius 3 is 2.46 bits per heavy atom. The van der Waals surface area contributed by atoms with Crippen molar-refractivity contribution in [1.29, 1.82) is 0 Å². The molecular formula is C20H30ClN5O2. The lowest BCUT2D eigenvalue weighted by molar-refractivity contribution is 0.0919. The molecule has 0 radical (unpaired) electrons. The van der Waals surface area contributed by atoms with Crippen LogP contribution in [0.3, 0.4) is 0 Å². The summed E-state index contributed by atoms with van der Waals surface area (Å²) >= 11 is 0. The highest BCUT2D eigenvalue weighted by Gasteiger charge is 2.24. The number of carbonyl (C=O) groups excluding carboxylic acids is 1. The van der Waals surface area contributed by atoms with Crippen LogP contribution >= 0.6 is 12.4 Å². The van der Waals surface area contributed by atoms with Crippen molar-refractivity contribution < 1.29 is 9.53 Å². The van der Waals surface area contributed by atoms with Crippen LogP contribution in [0.2, 0.25) is 0 Å². The molecule has 0 atom stereocenters. The third-order valence-electron chi connectivity index (χ3n) is 4.87. The van der Waals surface area contributed by atoms with E-state index in [1.807, 2.05) is 45.0 Å². The minimum atomic E-state index is -0.154. The van der Waals surface area contributed by atoms with E-state index in [9.17, 15) is 4.79 Å². The molecule has 3 N–H and O–H groups in total. The first-order valence-electron chi connectivity index (χ1n) is 9.76. The number of aromatic nitrogens is 3. The average molecular weight is 408 g/mol. The highest BCUT2D eigenvalue weighted by Crippen LogP contribution is 2.20. The number of nitrogens with one attached hydrogen (secondary N) is 1. The molecule has 1 heterocycles. The van der Waals surface area contributed by atoms with Crippen molar-refractivity contribution in [2.45, 2.75) is 71.1 Å². The zero-order valence-corrected chi connectivity index (χ0v) is 17.5. The van der Waals surface area contributed by atoms with Crippen molar-refractivity contribution in [2.24, 2.45) is 5.73 Å². The molecule has 1 aliphatic carbocycles. The summed E-state index contributed by atoms with van der Waals surface area (Å²) in [5.41, 5.74) is 8.00. The van der Waals surface area contributed by atoms with Crippen LogP contribution in [-0.2, 0) is 6.42 Å². The number of nitrogens with two attached hydrogens (primary N) is 1. The van der Waals surface area contributed by atoms with Gasteiger partial charge >= 0.3 is 0 Å². The molecule has 1 aromatic heterocycles.